The maximum Gasteiger partial charge on any atom is 0.312 e. The lowest BCUT2D eigenvalue weighted by atomic mass is 9.78. The van der Waals surface area contributed by atoms with Gasteiger partial charge in [0.05, 0.1) is 17.5 Å². The van der Waals surface area contributed by atoms with E-state index < -0.39 is 5.97 Å². The number of carbonyl (C=O) groups is 2. The highest BCUT2D eigenvalue weighted by Gasteiger charge is 2.35. The number of fused-ring (bicyclic) bond motifs is 2. The number of carbonyl (C=O) groups excluding carboxylic acids is 2. The highest BCUT2D eigenvalue weighted by Crippen LogP contribution is 2.35. The van der Waals surface area contributed by atoms with E-state index in [4.69, 9.17) is 4.74 Å². The molecule has 1 aliphatic carbocycles. The van der Waals surface area contributed by atoms with Gasteiger partial charge in [0.2, 0.25) is 0 Å². The molecule has 1 saturated carbocycles. The number of nitrogens with zero attached hydrogens (tertiary/aromatic N) is 3. The van der Waals surface area contributed by atoms with Crippen molar-refractivity contribution < 1.29 is 14.3 Å². The molecule has 2 aliphatic rings. The number of rotatable bonds is 4. The molecular weight excluding hydrogens is 370 g/mol. The molecule has 154 valence electrons. The average molecular weight is 397 g/mol. The fourth-order valence-electron chi connectivity index (χ4n) is 4.85. The van der Waals surface area contributed by atoms with Gasteiger partial charge >= 0.3 is 5.97 Å². The maximum absolute atomic E-state index is 12.7. The van der Waals surface area contributed by atoms with Gasteiger partial charge in [-0.1, -0.05) is 31.0 Å². The van der Waals surface area contributed by atoms with E-state index in [1.54, 1.807) is 31.3 Å². The summed E-state index contributed by atoms with van der Waals surface area (Å²) in [5, 5.41) is 5.37. The van der Waals surface area contributed by atoms with E-state index in [-0.39, 0.29) is 24.5 Å². The minimum absolute atomic E-state index is 0.0754. The number of likely N-dealkylation sites (tertiary alicyclic amines) is 1. The van der Waals surface area contributed by atoms with Gasteiger partial charge in [0.15, 0.2) is 6.61 Å². The average Bonchev–Trinajstić information content (AvgIpc) is 2.75. The van der Waals surface area contributed by atoms with E-state index in [9.17, 15) is 14.4 Å². The lowest BCUT2D eigenvalue weighted by Crippen LogP contribution is -2.50. The number of hydrogen-bond acceptors (Lipinski definition) is 5. The zero-order chi connectivity index (χ0) is 20.4. The quantitative estimate of drug-likeness (QED) is 0.739. The molecule has 2 heterocycles. The SMILES string of the molecule is Cn1nc(CC(=O)OCC(=O)N2CCC[C@@H]3CCCC[C@H]32)c2ccccc2c1=O. The minimum atomic E-state index is -0.508. The Morgan fingerprint density at radius 1 is 1.10 bits per heavy atom. The molecule has 0 spiro atoms. The second-order valence-electron chi connectivity index (χ2n) is 8.10. The van der Waals surface area contributed by atoms with Crippen LogP contribution >= 0.6 is 0 Å². The van der Waals surface area contributed by atoms with Gasteiger partial charge in [-0.25, -0.2) is 4.68 Å². The van der Waals surface area contributed by atoms with Crippen LogP contribution in [0.25, 0.3) is 10.8 Å². The summed E-state index contributed by atoms with van der Waals surface area (Å²) in [5.41, 5.74) is 0.269. The molecule has 1 aromatic carbocycles. The van der Waals surface area contributed by atoms with E-state index in [0.29, 0.717) is 28.4 Å². The third kappa shape index (κ3) is 4.04. The summed E-state index contributed by atoms with van der Waals surface area (Å²) < 4.78 is 6.53. The van der Waals surface area contributed by atoms with Crippen LogP contribution in [-0.4, -0.2) is 45.8 Å². The third-order valence-electron chi connectivity index (χ3n) is 6.26. The first-order chi connectivity index (χ1) is 14.0. The number of piperidine rings is 1. The second-order valence-corrected chi connectivity index (χ2v) is 8.10. The molecule has 7 nitrogen and oxygen atoms in total. The van der Waals surface area contributed by atoms with Crippen molar-refractivity contribution >= 4 is 22.6 Å². The van der Waals surface area contributed by atoms with Gasteiger partial charge in [0.1, 0.15) is 0 Å². The first kappa shape index (κ1) is 19.6. The summed E-state index contributed by atoms with van der Waals surface area (Å²) in [7, 11) is 1.56. The summed E-state index contributed by atoms with van der Waals surface area (Å²) in [6.07, 6.45) is 6.80. The van der Waals surface area contributed by atoms with Crippen LogP contribution in [0.4, 0.5) is 0 Å². The molecule has 1 amide bonds. The largest absolute Gasteiger partial charge is 0.455 e. The molecule has 0 radical (unpaired) electrons. The van der Waals surface area contributed by atoms with Crippen molar-refractivity contribution in [2.45, 2.75) is 51.0 Å². The Kier molecular flexibility index (Phi) is 5.65. The number of aromatic nitrogens is 2. The van der Waals surface area contributed by atoms with Gasteiger partial charge in [-0.15, -0.1) is 0 Å². The molecule has 4 rings (SSSR count). The monoisotopic (exact) mass is 397 g/mol. The van der Waals surface area contributed by atoms with Crippen LogP contribution in [0, 0.1) is 5.92 Å². The molecule has 0 N–H and O–H groups in total. The smallest absolute Gasteiger partial charge is 0.312 e. The van der Waals surface area contributed by atoms with Crippen molar-refractivity contribution in [1.29, 1.82) is 0 Å². The Hall–Kier alpha value is -2.70. The predicted molar refractivity (Wildman–Crippen MR) is 108 cm³/mol. The van der Waals surface area contributed by atoms with Crippen molar-refractivity contribution in [2.24, 2.45) is 13.0 Å². The Morgan fingerprint density at radius 2 is 1.83 bits per heavy atom. The van der Waals surface area contributed by atoms with Crippen LogP contribution in [0.1, 0.15) is 44.2 Å². The number of aryl methyl sites for hydroxylation is 1. The van der Waals surface area contributed by atoms with Gasteiger partial charge in [-0.3, -0.25) is 14.4 Å². The molecule has 1 saturated heterocycles. The van der Waals surface area contributed by atoms with Crippen molar-refractivity contribution in [1.82, 2.24) is 14.7 Å². The first-order valence-electron chi connectivity index (χ1n) is 10.4. The van der Waals surface area contributed by atoms with Gasteiger partial charge in [0, 0.05) is 25.0 Å². The fraction of sp³-hybridized carbons (Fsp3) is 0.545. The van der Waals surface area contributed by atoms with Gasteiger partial charge in [-0.2, -0.15) is 5.10 Å². The molecule has 0 bridgehead atoms. The van der Waals surface area contributed by atoms with Crippen LogP contribution in [0.3, 0.4) is 0 Å². The van der Waals surface area contributed by atoms with Gasteiger partial charge in [0.25, 0.3) is 11.5 Å². The Balaban J connectivity index is 1.40. The van der Waals surface area contributed by atoms with Crippen molar-refractivity contribution in [2.75, 3.05) is 13.2 Å². The second kappa shape index (κ2) is 8.35. The number of benzene rings is 1. The van der Waals surface area contributed by atoms with Crippen molar-refractivity contribution in [3.63, 3.8) is 0 Å². The highest BCUT2D eigenvalue weighted by atomic mass is 16.5. The summed E-state index contributed by atoms with van der Waals surface area (Å²) in [6.45, 7) is 0.524. The van der Waals surface area contributed by atoms with Gasteiger partial charge in [-0.05, 0) is 37.7 Å². The highest BCUT2D eigenvalue weighted by molar-refractivity contribution is 5.87. The van der Waals surface area contributed by atoms with Crippen molar-refractivity contribution in [3.05, 3.63) is 40.3 Å². The normalized spacial score (nSPS) is 21.6. The lowest BCUT2D eigenvalue weighted by Gasteiger charge is -2.44. The molecular formula is C22H27N3O4. The van der Waals surface area contributed by atoms with E-state index in [1.807, 2.05) is 4.90 Å². The van der Waals surface area contributed by atoms with E-state index in [2.05, 4.69) is 5.10 Å². The third-order valence-corrected chi connectivity index (χ3v) is 6.26. The number of ether oxygens (including phenoxy) is 1. The molecule has 29 heavy (non-hydrogen) atoms. The van der Waals surface area contributed by atoms with E-state index >= 15 is 0 Å². The van der Waals surface area contributed by atoms with Crippen molar-refractivity contribution in [3.8, 4) is 0 Å². The molecule has 1 aliphatic heterocycles. The number of esters is 1. The molecule has 2 atom stereocenters. The zero-order valence-corrected chi connectivity index (χ0v) is 16.8. The fourth-order valence-corrected chi connectivity index (χ4v) is 4.85. The van der Waals surface area contributed by atoms with Crippen LogP contribution in [-0.2, 0) is 27.8 Å². The van der Waals surface area contributed by atoms with Gasteiger partial charge < -0.3 is 9.64 Å². The maximum atomic E-state index is 12.7. The van der Waals surface area contributed by atoms with Crippen LogP contribution < -0.4 is 5.56 Å². The number of hydrogen-bond donors (Lipinski definition) is 0. The first-order valence-corrected chi connectivity index (χ1v) is 10.4. The van der Waals surface area contributed by atoms with Crippen LogP contribution in [0.2, 0.25) is 0 Å². The van der Waals surface area contributed by atoms with E-state index in [1.165, 1.54) is 23.9 Å². The topological polar surface area (TPSA) is 81.5 Å². The van der Waals surface area contributed by atoms with Crippen LogP contribution in [0.15, 0.2) is 29.1 Å². The molecule has 2 fully saturated rings. The van der Waals surface area contributed by atoms with E-state index in [0.717, 1.165) is 25.8 Å². The predicted octanol–water partition coefficient (Wildman–Crippen LogP) is 2.20. The summed E-state index contributed by atoms with van der Waals surface area (Å²) >= 11 is 0. The molecule has 0 unspecified atom stereocenters. The molecule has 7 heteroatoms. The summed E-state index contributed by atoms with van der Waals surface area (Å²) in [4.78, 5) is 39.2. The summed E-state index contributed by atoms with van der Waals surface area (Å²) in [5.74, 6) is -0.0154. The summed E-state index contributed by atoms with van der Waals surface area (Å²) in [6, 6.07) is 7.38. The lowest BCUT2D eigenvalue weighted by molar-refractivity contribution is -0.154. The van der Waals surface area contributed by atoms with Crippen LogP contribution in [0.5, 0.6) is 0 Å². The Bertz CT molecular complexity index is 982. The Morgan fingerprint density at radius 3 is 2.66 bits per heavy atom. The number of amides is 1. The standard InChI is InChI=1S/C22H27N3O4/c1-24-22(28)17-10-4-3-9-16(17)18(23-24)13-21(27)29-14-20(26)25-12-6-8-15-7-2-5-11-19(15)25/h3-4,9-10,15,19H,2,5-8,11-14H2,1H3/t15-,19+/m0/s1. The zero-order valence-electron chi connectivity index (χ0n) is 16.8. The minimum Gasteiger partial charge on any atom is -0.455 e. The molecule has 2 aromatic rings. The molecule has 1 aromatic heterocycles. The Labute approximate surface area is 169 Å².